The zero-order valence-electron chi connectivity index (χ0n) is 7.72. The Labute approximate surface area is 72.4 Å². The number of aliphatic imine (C=N–C) groups is 1. The Hall–Kier alpha value is -1.06. The lowest BCUT2D eigenvalue weighted by molar-refractivity contribution is -0.120. The lowest BCUT2D eigenvalue weighted by atomic mass is 10.0. The van der Waals surface area contributed by atoms with Crippen LogP contribution in [0.15, 0.2) is 4.99 Å². The summed E-state index contributed by atoms with van der Waals surface area (Å²) >= 11 is 0. The fourth-order valence-electron chi connectivity index (χ4n) is 1.23. The number of amides is 1. The van der Waals surface area contributed by atoms with Crippen molar-refractivity contribution < 1.29 is 4.79 Å². The van der Waals surface area contributed by atoms with E-state index in [1.54, 1.807) is 7.05 Å². The lowest BCUT2D eigenvalue weighted by Gasteiger charge is -2.09. The molecule has 1 aliphatic heterocycles. The van der Waals surface area contributed by atoms with E-state index in [2.05, 4.69) is 29.5 Å². The number of nitrogens with zero attached hydrogens (tertiary/aromatic N) is 1. The normalized spacial score (nSPS) is 26.2. The van der Waals surface area contributed by atoms with Gasteiger partial charge in [-0.05, 0) is 12.3 Å². The molecule has 0 aromatic rings. The summed E-state index contributed by atoms with van der Waals surface area (Å²) < 4.78 is 0. The maximum atomic E-state index is 11.2. The minimum atomic E-state index is -0.0938. The summed E-state index contributed by atoms with van der Waals surface area (Å²) in [4.78, 5) is 15.1. The van der Waals surface area contributed by atoms with Crippen molar-refractivity contribution in [3.05, 3.63) is 0 Å². The van der Waals surface area contributed by atoms with Gasteiger partial charge in [0.2, 0.25) is 5.91 Å². The summed E-state index contributed by atoms with van der Waals surface area (Å²) in [6, 6.07) is -0.0938. The summed E-state index contributed by atoms with van der Waals surface area (Å²) in [6.07, 6.45) is 0.852. The van der Waals surface area contributed by atoms with E-state index >= 15 is 0 Å². The van der Waals surface area contributed by atoms with Crippen molar-refractivity contribution >= 4 is 11.9 Å². The molecular formula is C8H15N3O. The molecule has 1 fully saturated rings. The maximum Gasteiger partial charge on any atom is 0.249 e. The van der Waals surface area contributed by atoms with E-state index in [4.69, 9.17) is 0 Å². The van der Waals surface area contributed by atoms with E-state index in [1.165, 1.54) is 0 Å². The van der Waals surface area contributed by atoms with Crippen molar-refractivity contribution in [3.8, 4) is 0 Å². The third-order valence-electron chi connectivity index (χ3n) is 1.80. The zero-order chi connectivity index (χ0) is 9.14. The molecule has 1 saturated heterocycles. The number of carbonyl (C=O) groups excluding carboxylic acids is 1. The van der Waals surface area contributed by atoms with Crippen LogP contribution >= 0.6 is 0 Å². The SMILES string of the molecule is CN=C1NC(=O)C(CC(C)C)N1. The Balaban J connectivity index is 2.52. The summed E-state index contributed by atoms with van der Waals surface area (Å²) in [6.45, 7) is 4.19. The Morgan fingerprint density at radius 2 is 2.25 bits per heavy atom. The van der Waals surface area contributed by atoms with Gasteiger partial charge in [-0.25, -0.2) is 0 Å². The molecule has 1 aliphatic rings. The van der Waals surface area contributed by atoms with Crippen molar-refractivity contribution in [1.82, 2.24) is 10.6 Å². The van der Waals surface area contributed by atoms with Crippen LogP contribution in [0.3, 0.4) is 0 Å². The molecule has 68 valence electrons. The van der Waals surface area contributed by atoms with Crippen LogP contribution in [0.2, 0.25) is 0 Å². The van der Waals surface area contributed by atoms with E-state index in [0.717, 1.165) is 6.42 Å². The van der Waals surface area contributed by atoms with E-state index in [1.807, 2.05) is 0 Å². The predicted molar refractivity (Wildman–Crippen MR) is 47.9 cm³/mol. The molecular weight excluding hydrogens is 154 g/mol. The number of guanidine groups is 1. The van der Waals surface area contributed by atoms with Gasteiger partial charge in [-0.1, -0.05) is 13.8 Å². The van der Waals surface area contributed by atoms with Gasteiger partial charge in [0, 0.05) is 7.05 Å². The highest BCUT2D eigenvalue weighted by Crippen LogP contribution is 2.07. The molecule has 2 N–H and O–H groups in total. The molecule has 0 aromatic heterocycles. The van der Waals surface area contributed by atoms with Gasteiger partial charge in [-0.3, -0.25) is 15.1 Å². The molecule has 0 aliphatic carbocycles. The number of hydrogen-bond donors (Lipinski definition) is 2. The minimum Gasteiger partial charge on any atom is -0.344 e. The maximum absolute atomic E-state index is 11.2. The van der Waals surface area contributed by atoms with Crippen LogP contribution in [0.1, 0.15) is 20.3 Å². The molecule has 0 saturated carbocycles. The van der Waals surface area contributed by atoms with E-state index < -0.39 is 0 Å². The van der Waals surface area contributed by atoms with E-state index in [-0.39, 0.29) is 11.9 Å². The van der Waals surface area contributed by atoms with Crippen LogP contribution < -0.4 is 10.6 Å². The molecule has 0 spiro atoms. The Morgan fingerprint density at radius 1 is 1.58 bits per heavy atom. The molecule has 12 heavy (non-hydrogen) atoms. The van der Waals surface area contributed by atoms with Crippen molar-refractivity contribution in [2.75, 3.05) is 7.05 Å². The van der Waals surface area contributed by atoms with Gasteiger partial charge in [0.15, 0.2) is 5.96 Å². The third-order valence-corrected chi connectivity index (χ3v) is 1.80. The highest BCUT2D eigenvalue weighted by Gasteiger charge is 2.27. The largest absolute Gasteiger partial charge is 0.344 e. The summed E-state index contributed by atoms with van der Waals surface area (Å²) in [5.74, 6) is 1.14. The van der Waals surface area contributed by atoms with Crippen molar-refractivity contribution in [2.24, 2.45) is 10.9 Å². The number of rotatable bonds is 2. The van der Waals surface area contributed by atoms with Crippen molar-refractivity contribution in [2.45, 2.75) is 26.3 Å². The fraction of sp³-hybridized carbons (Fsp3) is 0.750. The predicted octanol–water partition coefficient (Wildman–Crippen LogP) is 0.106. The first kappa shape index (κ1) is 9.03. The van der Waals surface area contributed by atoms with Gasteiger partial charge in [-0.15, -0.1) is 0 Å². The molecule has 1 unspecified atom stereocenters. The molecule has 1 heterocycles. The quantitative estimate of drug-likeness (QED) is 0.616. The van der Waals surface area contributed by atoms with Gasteiger partial charge < -0.3 is 5.32 Å². The highest BCUT2D eigenvalue weighted by atomic mass is 16.2. The van der Waals surface area contributed by atoms with Crippen LogP contribution in [0, 0.1) is 5.92 Å². The van der Waals surface area contributed by atoms with Crippen LogP contribution in [0.25, 0.3) is 0 Å². The third kappa shape index (κ3) is 1.96. The van der Waals surface area contributed by atoms with Gasteiger partial charge in [-0.2, -0.15) is 0 Å². The highest BCUT2D eigenvalue weighted by molar-refractivity contribution is 6.06. The van der Waals surface area contributed by atoms with Crippen LogP contribution in [0.5, 0.6) is 0 Å². The van der Waals surface area contributed by atoms with Gasteiger partial charge in [0.05, 0.1) is 0 Å². The molecule has 1 rings (SSSR count). The second kappa shape index (κ2) is 3.56. The van der Waals surface area contributed by atoms with E-state index in [9.17, 15) is 4.79 Å². The monoisotopic (exact) mass is 169 g/mol. The topological polar surface area (TPSA) is 53.5 Å². The lowest BCUT2D eigenvalue weighted by Crippen LogP contribution is -2.30. The molecule has 4 nitrogen and oxygen atoms in total. The van der Waals surface area contributed by atoms with Crippen LogP contribution in [-0.4, -0.2) is 25.0 Å². The number of hydrogen-bond acceptors (Lipinski definition) is 2. The first-order valence-electron chi connectivity index (χ1n) is 4.17. The van der Waals surface area contributed by atoms with E-state index in [0.29, 0.717) is 11.9 Å². The summed E-state index contributed by atoms with van der Waals surface area (Å²) in [5.41, 5.74) is 0. The van der Waals surface area contributed by atoms with Gasteiger partial charge >= 0.3 is 0 Å². The van der Waals surface area contributed by atoms with Crippen LogP contribution in [0.4, 0.5) is 0 Å². The summed E-state index contributed by atoms with van der Waals surface area (Å²) in [7, 11) is 1.65. The molecule has 1 amide bonds. The number of carbonyl (C=O) groups is 1. The van der Waals surface area contributed by atoms with Crippen LogP contribution in [-0.2, 0) is 4.79 Å². The fourth-order valence-corrected chi connectivity index (χ4v) is 1.23. The molecule has 4 heteroatoms. The Morgan fingerprint density at radius 3 is 2.67 bits per heavy atom. The zero-order valence-corrected chi connectivity index (χ0v) is 7.72. The summed E-state index contributed by atoms with van der Waals surface area (Å²) in [5, 5.41) is 5.67. The standard InChI is InChI=1S/C8H15N3O/c1-5(2)4-6-7(12)11-8(9-3)10-6/h5-6H,4H2,1-3H3,(H2,9,10,11,12). The molecule has 0 aromatic carbocycles. The average Bonchev–Trinajstić information content (AvgIpc) is 2.31. The Bertz CT molecular complexity index is 210. The van der Waals surface area contributed by atoms with Gasteiger partial charge in [0.25, 0.3) is 0 Å². The molecule has 0 bridgehead atoms. The minimum absolute atomic E-state index is 0.0318. The molecule has 1 atom stereocenters. The number of nitrogens with one attached hydrogen (secondary N) is 2. The smallest absolute Gasteiger partial charge is 0.249 e. The van der Waals surface area contributed by atoms with Gasteiger partial charge in [0.1, 0.15) is 6.04 Å². The van der Waals surface area contributed by atoms with Crippen molar-refractivity contribution in [3.63, 3.8) is 0 Å². The molecule has 0 radical (unpaired) electrons. The van der Waals surface area contributed by atoms with Crippen molar-refractivity contribution in [1.29, 1.82) is 0 Å². The first-order chi connectivity index (χ1) is 5.63. The second-order valence-electron chi connectivity index (χ2n) is 3.39. The Kier molecular flexibility index (Phi) is 2.68. The first-order valence-corrected chi connectivity index (χ1v) is 4.17. The second-order valence-corrected chi connectivity index (χ2v) is 3.39. The average molecular weight is 169 g/mol.